The maximum atomic E-state index is 12.4. The van der Waals surface area contributed by atoms with Gasteiger partial charge in [0.05, 0.1) is 17.6 Å². The molecule has 1 amide bonds. The summed E-state index contributed by atoms with van der Waals surface area (Å²) in [7, 11) is -3.03. The third-order valence-electron chi connectivity index (χ3n) is 3.76. The van der Waals surface area contributed by atoms with E-state index in [2.05, 4.69) is 4.74 Å². The number of hydrogen-bond donors (Lipinski definition) is 2. The largest absolute Gasteiger partial charge is 0.484 e. The maximum absolute atomic E-state index is 12.4. The Morgan fingerprint density at radius 2 is 1.74 bits per heavy atom. The van der Waals surface area contributed by atoms with Gasteiger partial charge in [-0.2, -0.15) is 0 Å². The van der Waals surface area contributed by atoms with E-state index in [0.717, 1.165) is 18.2 Å². The monoisotopic (exact) mass is 392 g/mol. The standard InChI is InChI=1S/C18H20N2O6S/c1-12-8-9-14(10-13(12)2)26-11-17(21)19-20-27(23,24)16-7-5-4-6-15(16)18(22)25-3/h4-10,20H,11H2,1-3H3,(H,19,21). The molecule has 9 heteroatoms. The minimum Gasteiger partial charge on any atom is -0.484 e. The molecule has 144 valence electrons. The van der Waals surface area contributed by atoms with Crippen molar-refractivity contribution in [2.24, 2.45) is 0 Å². The molecule has 0 bridgehead atoms. The van der Waals surface area contributed by atoms with E-state index in [-0.39, 0.29) is 17.1 Å². The summed E-state index contributed by atoms with van der Waals surface area (Å²) in [5.41, 5.74) is 4.00. The van der Waals surface area contributed by atoms with Gasteiger partial charge in [0.1, 0.15) is 5.75 Å². The van der Waals surface area contributed by atoms with E-state index in [0.29, 0.717) is 5.75 Å². The lowest BCUT2D eigenvalue weighted by Crippen LogP contribution is -2.44. The number of hydrazine groups is 1. The first-order valence-electron chi connectivity index (χ1n) is 7.92. The second-order valence-electron chi connectivity index (χ2n) is 5.68. The van der Waals surface area contributed by atoms with Crippen molar-refractivity contribution < 1.29 is 27.5 Å². The molecule has 0 aliphatic rings. The Hall–Kier alpha value is -2.91. The normalized spacial score (nSPS) is 10.9. The van der Waals surface area contributed by atoms with Gasteiger partial charge in [-0.1, -0.05) is 18.2 Å². The molecule has 0 aliphatic heterocycles. The first kappa shape index (κ1) is 20.4. The number of esters is 1. The predicted octanol–water partition coefficient (Wildman–Crippen LogP) is 1.48. The lowest BCUT2D eigenvalue weighted by molar-refractivity contribution is -0.123. The Morgan fingerprint density at radius 3 is 2.41 bits per heavy atom. The molecule has 2 aromatic carbocycles. The van der Waals surface area contributed by atoms with Crippen LogP contribution in [0, 0.1) is 13.8 Å². The van der Waals surface area contributed by atoms with E-state index >= 15 is 0 Å². The third-order valence-corrected chi connectivity index (χ3v) is 5.06. The number of carbonyl (C=O) groups is 2. The topological polar surface area (TPSA) is 111 Å². The Kier molecular flexibility index (Phi) is 6.54. The van der Waals surface area contributed by atoms with Crippen molar-refractivity contribution in [1.29, 1.82) is 0 Å². The van der Waals surface area contributed by atoms with Crippen molar-refractivity contribution in [3.05, 3.63) is 59.2 Å². The van der Waals surface area contributed by atoms with E-state index in [9.17, 15) is 18.0 Å². The molecule has 2 aromatic rings. The smallest absolute Gasteiger partial charge is 0.339 e. The van der Waals surface area contributed by atoms with E-state index < -0.39 is 21.9 Å². The lowest BCUT2D eigenvalue weighted by Gasteiger charge is -2.12. The van der Waals surface area contributed by atoms with Crippen LogP contribution < -0.4 is 15.0 Å². The van der Waals surface area contributed by atoms with Crippen molar-refractivity contribution in [1.82, 2.24) is 10.3 Å². The van der Waals surface area contributed by atoms with Crippen LogP contribution in [0.5, 0.6) is 5.75 Å². The number of carbonyl (C=O) groups excluding carboxylic acids is 2. The number of sulfonamides is 1. The highest BCUT2D eigenvalue weighted by Crippen LogP contribution is 2.17. The average molecular weight is 392 g/mol. The van der Waals surface area contributed by atoms with E-state index in [1.165, 1.54) is 24.3 Å². The molecular formula is C18H20N2O6S. The van der Waals surface area contributed by atoms with E-state index in [4.69, 9.17) is 4.74 Å². The maximum Gasteiger partial charge on any atom is 0.339 e. The third kappa shape index (κ3) is 5.28. The van der Waals surface area contributed by atoms with Crippen LogP contribution in [0.15, 0.2) is 47.4 Å². The van der Waals surface area contributed by atoms with Gasteiger partial charge in [0, 0.05) is 0 Å². The number of aryl methyl sites for hydroxylation is 2. The molecule has 0 fully saturated rings. The van der Waals surface area contributed by atoms with E-state index in [1.807, 2.05) is 30.2 Å². The van der Waals surface area contributed by atoms with Crippen LogP contribution in [0.3, 0.4) is 0 Å². The van der Waals surface area contributed by atoms with Crippen LogP contribution in [0.4, 0.5) is 0 Å². The molecule has 0 atom stereocenters. The zero-order valence-corrected chi connectivity index (χ0v) is 15.9. The summed E-state index contributed by atoms with van der Waals surface area (Å²) < 4.78 is 34.6. The van der Waals surface area contributed by atoms with Gasteiger partial charge in [0.25, 0.3) is 15.9 Å². The van der Waals surface area contributed by atoms with Crippen molar-refractivity contribution >= 4 is 21.9 Å². The first-order chi connectivity index (χ1) is 12.7. The zero-order chi connectivity index (χ0) is 20.0. The molecule has 0 unspecified atom stereocenters. The molecule has 0 radical (unpaired) electrons. The molecule has 2 rings (SSSR count). The Balaban J connectivity index is 2.00. The van der Waals surface area contributed by atoms with Gasteiger partial charge in [-0.15, -0.1) is 4.83 Å². The molecular weight excluding hydrogens is 372 g/mol. The summed E-state index contributed by atoms with van der Waals surface area (Å²) in [6, 6.07) is 10.8. The van der Waals surface area contributed by atoms with Crippen molar-refractivity contribution in [2.45, 2.75) is 18.7 Å². The van der Waals surface area contributed by atoms with Crippen LogP contribution in [0.1, 0.15) is 21.5 Å². The average Bonchev–Trinajstić information content (AvgIpc) is 2.66. The summed E-state index contributed by atoms with van der Waals surface area (Å²) >= 11 is 0. The molecule has 2 N–H and O–H groups in total. The summed E-state index contributed by atoms with van der Waals surface area (Å²) in [5, 5.41) is 0. The molecule has 27 heavy (non-hydrogen) atoms. The summed E-state index contributed by atoms with van der Waals surface area (Å²) in [6.07, 6.45) is 0. The van der Waals surface area contributed by atoms with E-state index in [1.54, 1.807) is 12.1 Å². The number of nitrogens with one attached hydrogen (secondary N) is 2. The number of methoxy groups -OCH3 is 1. The fraction of sp³-hybridized carbons (Fsp3) is 0.222. The van der Waals surface area contributed by atoms with Crippen molar-refractivity contribution in [3.8, 4) is 5.75 Å². The minimum atomic E-state index is -4.17. The summed E-state index contributed by atoms with van der Waals surface area (Å²) in [5.74, 6) is -1.01. The highest BCUT2D eigenvalue weighted by molar-refractivity contribution is 7.89. The van der Waals surface area contributed by atoms with Gasteiger partial charge < -0.3 is 9.47 Å². The van der Waals surface area contributed by atoms with Crippen LogP contribution >= 0.6 is 0 Å². The highest BCUT2D eigenvalue weighted by Gasteiger charge is 2.23. The number of amides is 1. The van der Waals surface area contributed by atoms with Gasteiger partial charge in [-0.3, -0.25) is 10.2 Å². The molecule has 0 spiro atoms. The second kappa shape index (κ2) is 8.65. The number of rotatable bonds is 7. The molecule has 0 heterocycles. The van der Waals surface area contributed by atoms with Crippen LogP contribution in [0.25, 0.3) is 0 Å². The summed E-state index contributed by atoms with van der Waals surface area (Å²) in [6.45, 7) is 3.48. The molecule has 8 nitrogen and oxygen atoms in total. The number of benzene rings is 2. The van der Waals surface area contributed by atoms with Gasteiger partial charge >= 0.3 is 5.97 Å². The SMILES string of the molecule is COC(=O)c1ccccc1S(=O)(=O)NNC(=O)COc1ccc(C)c(C)c1. The Labute approximate surface area is 157 Å². The van der Waals surface area contributed by atoms with Gasteiger partial charge in [0.2, 0.25) is 0 Å². The predicted molar refractivity (Wildman–Crippen MR) is 97.7 cm³/mol. The van der Waals surface area contributed by atoms with Crippen LogP contribution in [0.2, 0.25) is 0 Å². The summed E-state index contributed by atoms with van der Waals surface area (Å²) in [4.78, 5) is 25.2. The number of hydrogen-bond acceptors (Lipinski definition) is 6. The van der Waals surface area contributed by atoms with Gasteiger partial charge in [-0.25, -0.2) is 13.2 Å². The van der Waals surface area contributed by atoms with Crippen LogP contribution in [-0.2, 0) is 19.6 Å². The second-order valence-corrected chi connectivity index (χ2v) is 7.33. The fourth-order valence-corrected chi connectivity index (χ4v) is 3.20. The van der Waals surface area contributed by atoms with Crippen molar-refractivity contribution in [3.63, 3.8) is 0 Å². The van der Waals surface area contributed by atoms with Crippen molar-refractivity contribution in [2.75, 3.05) is 13.7 Å². The Morgan fingerprint density at radius 1 is 1.04 bits per heavy atom. The molecule has 0 aromatic heterocycles. The minimum absolute atomic E-state index is 0.145. The molecule has 0 aliphatic carbocycles. The van der Waals surface area contributed by atoms with Gasteiger partial charge in [-0.05, 0) is 49.2 Å². The molecule has 0 saturated heterocycles. The highest BCUT2D eigenvalue weighted by atomic mass is 32.2. The van der Waals surface area contributed by atoms with Gasteiger partial charge in [0.15, 0.2) is 6.61 Å². The fourth-order valence-electron chi connectivity index (χ4n) is 2.15. The van der Waals surface area contributed by atoms with Crippen LogP contribution in [-0.4, -0.2) is 34.0 Å². The quantitative estimate of drug-likeness (QED) is 0.545. The number of ether oxygens (including phenoxy) is 2. The Bertz CT molecular complexity index is 956. The zero-order valence-electron chi connectivity index (χ0n) is 15.1. The first-order valence-corrected chi connectivity index (χ1v) is 9.41. The lowest BCUT2D eigenvalue weighted by atomic mass is 10.1. The molecule has 0 saturated carbocycles.